The van der Waals surface area contributed by atoms with E-state index in [4.69, 9.17) is 9.47 Å². The molecule has 0 atom stereocenters. The molecule has 0 aliphatic rings. The van der Waals surface area contributed by atoms with Crippen LogP contribution >= 0.6 is 0 Å². The molecule has 0 amide bonds. The molecular weight excluding hydrogens is 214 g/mol. The van der Waals surface area contributed by atoms with Crippen LogP contribution in [0.1, 0.15) is 24.5 Å². The van der Waals surface area contributed by atoms with Crippen molar-refractivity contribution in [3.63, 3.8) is 0 Å². The van der Waals surface area contributed by atoms with Gasteiger partial charge < -0.3 is 14.8 Å². The van der Waals surface area contributed by atoms with Gasteiger partial charge in [0.15, 0.2) is 0 Å². The van der Waals surface area contributed by atoms with Gasteiger partial charge in [0, 0.05) is 13.7 Å². The van der Waals surface area contributed by atoms with E-state index < -0.39 is 0 Å². The maximum atomic E-state index is 5.46. The minimum atomic E-state index is 0.649. The number of methoxy groups -OCH3 is 1. The summed E-state index contributed by atoms with van der Waals surface area (Å²) in [5.41, 5.74) is 2.53. The molecule has 0 saturated carbocycles. The van der Waals surface area contributed by atoms with E-state index in [9.17, 15) is 0 Å². The maximum Gasteiger partial charge on any atom is 0.0718 e. The SMILES string of the molecule is CCCNCc1ccc(COCCOC)cc1. The zero-order chi connectivity index (χ0) is 12.3. The van der Waals surface area contributed by atoms with Gasteiger partial charge in [0.2, 0.25) is 0 Å². The first-order valence-electron chi connectivity index (χ1n) is 6.22. The summed E-state index contributed by atoms with van der Waals surface area (Å²) in [6.45, 7) is 6.15. The Morgan fingerprint density at radius 1 is 1.06 bits per heavy atom. The van der Waals surface area contributed by atoms with Gasteiger partial charge in [0.05, 0.1) is 19.8 Å². The summed E-state index contributed by atoms with van der Waals surface area (Å²) < 4.78 is 10.4. The van der Waals surface area contributed by atoms with Crippen molar-refractivity contribution in [1.29, 1.82) is 0 Å². The third-order valence-corrected chi connectivity index (χ3v) is 2.48. The number of ether oxygens (including phenoxy) is 2. The van der Waals surface area contributed by atoms with Crippen molar-refractivity contribution in [2.24, 2.45) is 0 Å². The van der Waals surface area contributed by atoms with Gasteiger partial charge in [-0.15, -0.1) is 0 Å². The third kappa shape index (κ3) is 6.41. The Labute approximate surface area is 104 Å². The molecule has 0 aliphatic carbocycles. The molecule has 1 aromatic carbocycles. The van der Waals surface area contributed by atoms with E-state index in [1.54, 1.807) is 7.11 Å². The monoisotopic (exact) mass is 237 g/mol. The van der Waals surface area contributed by atoms with Crippen molar-refractivity contribution in [3.8, 4) is 0 Å². The van der Waals surface area contributed by atoms with E-state index in [2.05, 4.69) is 36.5 Å². The smallest absolute Gasteiger partial charge is 0.0718 e. The number of hydrogen-bond acceptors (Lipinski definition) is 3. The maximum absolute atomic E-state index is 5.46. The lowest BCUT2D eigenvalue weighted by Crippen LogP contribution is -2.13. The van der Waals surface area contributed by atoms with Gasteiger partial charge in [-0.2, -0.15) is 0 Å². The highest BCUT2D eigenvalue weighted by Crippen LogP contribution is 2.05. The second-order valence-corrected chi connectivity index (χ2v) is 4.04. The molecule has 17 heavy (non-hydrogen) atoms. The Balaban J connectivity index is 2.24. The van der Waals surface area contributed by atoms with Gasteiger partial charge in [-0.1, -0.05) is 31.2 Å². The fourth-order valence-electron chi connectivity index (χ4n) is 1.50. The summed E-state index contributed by atoms with van der Waals surface area (Å²) in [5, 5.41) is 3.38. The molecule has 1 rings (SSSR count). The normalized spacial score (nSPS) is 10.7. The van der Waals surface area contributed by atoms with Gasteiger partial charge in [-0.3, -0.25) is 0 Å². The molecule has 0 fully saturated rings. The van der Waals surface area contributed by atoms with E-state index in [-0.39, 0.29) is 0 Å². The predicted octanol–water partition coefficient (Wildman–Crippen LogP) is 2.35. The topological polar surface area (TPSA) is 30.5 Å². The molecule has 0 aromatic heterocycles. The quantitative estimate of drug-likeness (QED) is 0.669. The average molecular weight is 237 g/mol. The second kappa shape index (κ2) is 9.16. The van der Waals surface area contributed by atoms with Crippen LogP contribution in [-0.4, -0.2) is 26.9 Å². The molecule has 0 radical (unpaired) electrons. The van der Waals surface area contributed by atoms with Crippen molar-refractivity contribution in [2.45, 2.75) is 26.5 Å². The van der Waals surface area contributed by atoms with Crippen LogP contribution in [0, 0.1) is 0 Å². The Bertz CT molecular complexity index is 285. The summed E-state index contributed by atoms with van der Waals surface area (Å²) in [6, 6.07) is 8.54. The average Bonchev–Trinajstić information content (AvgIpc) is 2.37. The van der Waals surface area contributed by atoms with E-state index in [0.29, 0.717) is 19.8 Å². The lowest BCUT2D eigenvalue weighted by molar-refractivity contribution is 0.0616. The number of benzene rings is 1. The highest BCUT2D eigenvalue weighted by molar-refractivity contribution is 5.21. The number of nitrogens with one attached hydrogen (secondary N) is 1. The van der Waals surface area contributed by atoms with E-state index in [1.165, 1.54) is 17.5 Å². The van der Waals surface area contributed by atoms with Crippen LogP contribution in [0.25, 0.3) is 0 Å². The number of hydrogen-bond donors (Lipinski definition) is 1. The Hall–Kier alpha value is -0.900. The van der Waals surface area contributed by atoms with Gasteiger partial charge in [0.25, 0.3) is 0 Å². The van der Waals surface area contributed by atoms with Crippen molar-refractivity contribution in [3.05, 3.63) is 35.4 Å². The number of rotatable bonds is 9. The van der Waals surface area contributed by atoms with Gasteiger partial charge in [0.1, 0.15) is 0 Å². The second-order valence-electron chi connectivity index (χ2n) is 4.04. The van der Waals surface area contributed by atoms with Crippen LogP contribution in [-0.2, 0) is 22.6 Å². The molecule has 0 unspecified atom stereocenters. The molecule has 96 valence electrons. The van der Waals surface area contributed by atoms with E-state index in [0.717, 1.165) is 13.1 Å². The van der Waals surface area contributed by atoms with Crippen LogP contribution in [0.3, 0.4) is 0 Å². The molecule has 3 nitrogen and oxygen atoms in total. The molecular formula is C14H23NO2. The largest absolute Gasteiger partial charge is 0.382 e. The predicted molar refractivity (Wildman–Crippen MR) is 70.0 cm³/mol. The van der Waals surface area contributed by atoms with Crippen molar-refractivity contribution in [2.75, 3.05) is 26.9 Å². The lowest BCUT2D eigenvalue weighted by atomic mass is 10.1. The molecule has 0 saturated heterocycles. The van der Waals surface area contributed by atoms with Crippen molar-refractivity contribution < 1.29 is 9.47 Å². The first-order chi connectivity index (χ1) is 8.36. The van der Waals surface area contributed by atoms with Crippen LogP contribution in [0.5, 0.6) is 0 Å². The van der Waals surface area contributed by atoms with Crippen LogP contribution in [0.4, 0.5) is 0 Å². The molecule has 1 aromatic rings. The highest BCUT2D eigenvalue weighted by Gasteiger charge is 1.95. The summed E-state index contributed by atoms with van der Waals surface area (Å²) in [6.07, 6.45) is 1.17. The Morgan fingerprint density at radius 2 is 1.76 bits per heavy atom. The van der Waals surface area contributed by atoms with Crippen LogP contribution in [0.15, 0.2) is 24.3 Å². The zero-order valence-corrected chi connectivity index (χ0v) is 10.9. The van der Waals surface area contributed by atoms with Gasteiger partial charge >= 0.3 is 0 Å². The van der Waals surface area contributed by atoms with Gasteiger partial charge in [-0.25, -0.2) is 0 Å². The van der Waals surface area contributed by atoms with Crippen LogP contribution < -0.4 is 5.32 Å². The fraction of sp³-hybridized carbons (Fsp3) is 0.571. The lowest BCUT2D eigenvalue weighted by Gasteiger charge is -2.06. The minimum Gasteiger partial charge on any atom is -0.382 e. The molecule has 0 aliphatic heterocycles. The minimum absolute atomic E-state index is 0.649. The van der Waals surface area contributed by atoms with E-state index >= 15 is 0 Å². The van der Waals surface area contributed by atoms with Gasteiger partial charge in [-0.05, 0) is 24.1 Å². The zero-order valence-electron chi connectivity index (χ0n) is 10.9. The van der Waals surface area contributed by atoms with Crippen LogP contribution in [0.2, 0.25) is 0 Å². The highest BCUT2D eigenvalue weighted by atomic mass is 16.5. The Kier molecular flexibility index (Phi) is 7.63. The summed E-state index contributed by atoms with van der Waals surface area (Å²) in [7, 11) is 1.68. The third-order valence-electron chi connectivity index (χ3n) is 2.48. The summed E-state index contributed by atoms with van der Waals surface area (Å²) >= 11 is 0. The van der Waals surface area contributed by atoms with Crippen molar-refractivity contribution >= 4 is 0 Å². The first kappa shape index (κ1) is 14.2. The standard InChI is InChI=1S/C14H23NO2/c1-3-8-15-11-13-4-6-14(7-5-13)12-17-10-9-16-2/h4-7,15H,3,8-12H2,1-2H3. The van der Waals surface area contributed by atoms with Crippen molar-refractivity contribution in [1.82, 2.24) is 5.32 Å². The molecule has 3 heteroatoms. The Morgan fingerprint density at radius 3 is 2.41 bits per heavy atom. The molecule has 0 spiro atoms. The fourth-order valence-corrected chi connectivity index (χ4v) is 1.50. The molecule has 0 bridgehead atoms. The summed E-state index contributed by atoms with van der Waals surface area (Å²) in [4.78, 5) is 0. The molecule has 1 N–H and O–H groups in total. The summed E-state index contributed by atoms with van der Waals surface area (Å²) in [5.74, 6) is 0. The van der Waals surface area contributed by atoms with E-state index in [1.807, 2.05) is 0 Å². The first-order valence-corrected chi connectivity index (χ1v) is 6.22. The molecule has 0 heterocycles.